The monoisotopic (exact) mass is 372 g/mol. The topological polar surface area (TPSA) is 63.9 Å². The number of amides is 1. The first-order valence-corrected chi connectivity index (χ1v) is 9.08. The van der Waals surface area contributed by atoms with E-state index in [0.717, 1.165) is 24.4 Å². The van der Waals surface area contributed by atoms with Crippen LogP contribution in [0.25, 0.3) is 6.08 Å². The molecule has 0 aliphatic carbocycles. The normalized spacial score (nSPS) is 12.3. The highest BCUT2D eigenvalue weighted by molar-refractivity contribution is 5.92. The van der Waals surface area contributed by atoms with Crippen molar-refractivity contribution in [3.8, 4) is 11.5 Å². The summed E-state index contributed by atoms with van der Waals surface area (Å²) in [6, 6.07) is 9.26. The predicted molar refractivity (Wildman–Crippen MR) is 106 cm³/mol. The standard InChI is InChI=1S/C21H28N2O4/c1-5-23(6-2)18(19-8-7-13-27-19)15-22-21(24)12-10-16-9-11-17(25-3)14-20(16)26-4/h7-14,18H,5-6,15H2,1-4H3,(H,22,24)/b12-10+. The first-order chi connectivity index (χ1) is 13.1. The number of furan rings is 1. The second-order valence-corrected chi connectivity index (χ2v) is 5.94. The number of rotatable bonds is 10. The Balaban J connectivity index is 2.03. The number of hydrogen-bond acceptors (Lipinski definition) is 5. The molecule has 0 aliphatic heterocycles. The molecule has 27 heavy (non-hydrogen) atoms. The third-order valence-corrected chi connectivity index (χ3v) is 4.45. The van der Waals surface area contributed by atoms with Crippen LogP contribution in [-0.2, 0) is 4.79 Å². The molecule has 1 amide bonds. The fourth-order valence-electron chi connectivity index (χ4n) is 2.93. The summed E-state index contributed by atoms with van der Waals surface area (Å²) in [7, 11) is 3.19. The van der Waals surface area contributed by atoms with Crippen molar-refractivity contribution >= 4 is 12.0 Å². The van der Waals surface area contributed by atoms with Crippen LogP contribution in [0.1, 0.15) is 31.2 Å². The smallest absolute Gasteiger partial charge is 0.244 e. The van der Waals surface area contributed by atoms with E-state index in [2.05, 4.69) is 24.1 Å². The van der Waals surface area contributed by atoms with Gasteiger partial charge in [0.05, 0.1) is 26.5 Å². The van der Waals surface area contributed by atoms with Gasteiger partial charge in [0, 0.05) is 24.3 Å². The Morgan fingerprint density at radius 3 is 2.59 bits per heavy atom. The minimum Gasteiger partial charge on any atom is -0.497 e. The summed E-state index contributed by atoms with van der Waals surface area (Å²) in [5.74, 6) is 2.03. The number of hydrogen-bond donors (Lipinski definition) is 1. The van der Waals surface area contributed by atoms with Crippen LogP contribution in [0.15, 0.2) is 47.1 Å². The minimum atomic E-state index is -0.170. The Morgan fingerprint density at radius 2 is 2.00 bits per heavy atom. The van der Waals surface area contributed by atoms with Crippen molar-refractivity contribution in [2.24, 2.45) is 0 Å². The van der Waals surface area contributed by atoms with E-state index in [1.807, 2.05) is 24.3 Å². The summed E-state index contributed by atoms with van der Waals surface area (Å²) in [4.78, 5) is 14.5. The van der Waals surface area contributed by atoms with Crippen LogP contribution < -0.4 is 14.8 Å². The molecule has 0 bridgehead atoms. The number of methoxy groups -OCH3 is 2. The summed E-state index contributed by atoms with van der Waals surface area (Å²) < 4.78 is 16.1. The van der Waals surface area contributed by atoms with Gasteiger partial charge in [-0.05, 0) is 43.4 Å². The third-order valence-electron chi connectivity index (χ3n) is 4.45. The van der Waals surface area contributed by atoms with Crippen molar-refractivity contribution < 1.29 is 18.7 Å². The maximum absolute atomic E-state index is 12.3. The molecule has 0 aliphatic rings. The molecular formula is C21H28N2O4. The van der Waals surface area contributed by atoms with Crippen LogP contribution in [0.3, 0.4) is 0 Å². The quantitative estimate of drug-likeness (QED) is 0.647. The molecule has 1 atom stereocenters. The fourth-order valence-corrected chi connectivity index (χ4v) is 2.93. The van der Waals surface area contributed by atoms with E-state index in [0.29, 0.717) is 18.0 Å². The second kappa shape index (κ2) is 10.4. The molecule has 1 heterocycles. The highest BCUT2D eigenvalue weighted by Gasteiger charge is 2.20. The van der Waals surface area contributed by atoms with Gasteiger partial charge in [0.25, 0.3) is 0 Å². The van der Waals surface area contributed by atoms with Gasteiger partial charge in [-0.3, -0.25) is 9.69 Å². The van der Waals surface area contributed by atoms with E-state index < -0.39 is 0 Å². The Kier molecular flexibility index (Phi) is 7.95. The van der Waals surface area contributed by atoms with Crippen LogP contribution in [0.4, 0.5) is 0 Å². The van der Waals surface area contributed by atoms with Crippen LogP contribution in [-0.4, -0.2) is 44.7 Å². The zero-order valence-electron chi connectivity index (χ0n) is 16.4. The molecule has 2 aromatic rings. The molecule has 0 fully saturated rings. The number of benzene rings is 1. The molecule has 0 saturated carbocycles. The van der Waals surface area contributed by atoms with E-state index >= 15 is 0 Å². The molecule has 6 nitrogen and oxygen atoms in total. The number of ether oxygens (including phenoxy) is 2. The maximum Gasteiger partial charge on any atom is 0.244 e. The average molecular weight is 372 g/mol. The summed E-state index contributed by atoms with van der Waals surface area (Å²) in [5, 5.41) is 2.96. The molecule has 6 heteroatoms. The molecule has 0 spiro atoms. The maximum atomic E-state index is 12.3. The Bertz CT molecular complexity index is 737. The summed E-state index contributed by atoms with van der Waals surface area (Å²) in [5.41, 5.74) is 0.805. The van der Waals surface area contributed by atoms with Gasteiger partial charge in [-0.1, -0.05) is 13.8 Å². The largest absolute Gasteiger partial charge is 0.497 e. The van der Waals surface area contributed by atoms with Gasteiger partial charge in [0.2, 0.25) is 5.91 Å². The Labute approximate surface area is 160 Å². The van der Waals surface area contributed by atoms with Crippen molar-refractivity contribution in [1.82, 2.24) is 10.2 Å². The predicted octanol–water partition coefficient (Wildman–Crippen LogP) is 3.51. The summed E-state index contributed by atoms with van der Waals surface area (Å²) in [6.07, 6.45) is 4.89. The van der Waals surface area contributed by atoms with Crippen LogP contribution in [0.5, 0.6) is 11.5 Å². The van der Waals surface area contributed by atoms with Gasteiger partial charge < -0.3 is 19.2 Å². The van der Waals surface area contributed by atoms with Gasteiger partial charge in [0.15, 0.2) is 0 Å². The van der Waals surface area contributed by atoms with Crippen LogP contribution in [0.2, 0.25) is 0 Å². The Morgan fingerprint density at radius 1 is 1.22 bits per heavy atom. The molecule has 146 valence electrons. The SMILES string of the molecule is CCN(CC)C(CNC(=O)/C=C/c1ccc(OC)cc1OC)c1ccco1. The molecular weight excluding hydrogens is 344 g/mol. The van der Waals surface area contributed by atoms with Crippen molar-refractivity contribution in [2.75, 3.05) is 33.9 Å². The van der Waals surface area contributed by atoms with Crippen LogP contribution in [0, 0.1) is 0 Å². The van der Waals surface area contributed by atoms with E-state index in [-0.39, 0.29) is 11.9 Å². The lowest BCUT2D eigenvalue weighted by molar-refractivity contribution is -0.116. The number of carbonyl (C=O) groups excluding carboxylic acids is 1. The molecule has 1 aromatic heterocycles. The van der Waals surface area contributed by atoms with Crippen molar-refractivity contribution in [3.63, 3.8) is 0 Å². The van der Waals surface area contributed by atoms with Crippen molar-refractivity contribution in [3.05, 3.63) is 54.0 Å². The molecule has 2 rings (SSSR count). The third kappa shape index (κ3) is 5.62. The molecule has 1 unspecified atom stereocenters. The summed E-state index contributed by atoms with van der Waals surface area (Å²) >= 11 is 0. The van der Waals surface area contributed by atoms with Gasteiger partial charge in [-0.25, -0.2) is 0 Å². The lowest BCUT2D eigenvalue weighted by Gasteiger charge is -2.28. The van der Waals surface area contributed by atoms with Gasteiger partial charge in [-0.15, -0.1) is 0 Å². The second-order valence-electron chi connectivity index (χ2n) is 5.94. The van der Waals surface area contributed by atoms with Crippen molar-refractivity contribution in [2.45, 2.75) is 19.9 Å². The minimum absolute atomic E-state index is 0.00266. The Hall–Kier alpha value is -2.73. The van der Waals surface area contributed by atoms with Gasteiger partial charge >= 0.3 is 0 Å². The van der Waals surface area contributed by atoms with E-state index in [1.165, 1.54) is 6.08 Å². The number of carbonyl (C=O) groups is 1. The number of nitrogens with zero attached hydrogens (tertiary/aromatic N) is 1. The molecule has 1 N–H and O–H groups in total. The highest BCUT2D eigenvalue weighted by atomic mass is 16.5. The number of likely N-dealkylation sites (N-methyl/N-ethyl adjacent to an activating group) is 1. The first-order valence-electron chi connectivity index (χ1n) is 9.08. The molecule has 1 aromatic carbocycles. The zero-order valence-corrected chi connectivity index (χ0v) is 16.4. The highest BCUT2D eigenvalue weighted by Crippen LogP contribution is 2.25. The summed E-state index contributed by atoms with van der Waals surface area (Å²) in [6.45, 7) is 6.40. The fraction of sp³-hybridized carbons (Fsp3) is 0.381. The molecule has 0 radical (unpaired) electrons. The van der Waals surface area contributed by atoms with E-state index in [9.17, 15) is 4.79 Å². The average Bonchev–Trinajstić information content (AvgIpc) is 3.23. The van der Waals surface area contributed by atoms with Gasteiger partial charge in [-0.2, -0.15) is 0 Å². The van der Waals surface area contributed by atoms with Crippen LogP contribution >= 0.6 is 0 Å². The molecule has 0 saturated heterocycles. The van der Waals surface area contributed by atoms with Gasteiger partial charge in [0.1, 0.15) is 17.3 Å². The zero-order chi connectivity index (χ0) is 19.6. The lowest BCUT2D eigenvalue weighted by Crippen LogP contribution is -2.37. The van der Waals surface area contributed by atoms with E-state index in [4.69, 9.17) is 13.9 Å². The van der Waals surface area contributed by atoms with Crippen molar-refractivity contribution in [1.29, 1.82) is 0 Å². The lowest BCUT2D eigenvalue weighted by atomic mass is 10.1. The number of nitrogens with one attached hydrogen (secondary N) is 1. The van der Waals surface area contributed by atoms with E-state index in [1.54, 1.807) is 32.6 Å². The first kappa shape index (κ1) is 20.6.